The Morgan fingerprint density at radius 2 is 1.73 bits per heavy atom. The molecule has 6 aliphatic rings. The monoisotopic (exact) mass is 443 g/mol. The molecular weight excluding hydrogens is 406 g/mol. The molecule has 6 rings (SSSR count). The fourth-order valence-corrected chi connectivity index (χ4v) is 8.49. The van der Waals surface area contributed by atoms with Crippen molar-refractivity contribution in [2.45, 2.75) is 108 Å². The molecule has 2 bridgehead atoms. The molecule has 2 saturated carbocycles. The Kier molecular flexibility index (Phi) is 5.51. The van der Waals surface area contributed by atoms with Crippen molar-refractivity contribution in [1.82, 2.24) is 4.72 Å². The van der Waals surface area contributed by atoms with E-state index in [-0.39, 0.29) is 23.2 Å². The number of sulfonamides is 1. The standard InChI is InChI=1S/C22H37NO6S/c1-14-9-10-18-15(2)19(13-23-30(24,25)16-7-5-4-6-8-16)26-20-22(18)17(14)11-12-21(3,27-20)28-29-22/h14-20,23H,4-13H2,1-3H3/t14-,15-,17+,18+,19-,20-,21-,22-/m1/s1. The molecule has 8 atom stereocenters. The first kappa shape index (κ1) is 21.6. The minimum atomic E-state index is -3.32. The minimum Gasteiger partial charge on any atom is -0.344 e. The van der Waals surface area contributed by atoms with Crippen molar-refractivity contribution in [3.8, 4) is 0 Å². The Labute approximate surface area is 180 Å². The third-order valence-electron chi connectivity index (χ3n) is 8.77. The van der Waals surface area contributed by atoms with Gasteiger partial charge in [0.25, 0.3) is 0 Å². The van der Waals surface area contributed by atoms with Gasteiger partial charge in [0.1, 0.15) is 0 Å². The first-order valence-corrected chi connectivity index (χ1v) is 13.5. The summed E-state index contributed by atoms with van der Waals surface area (Å²) in [6.07, 6.45) is 7.86. The number of ether oxygens (including phenoxy) is 2. The maximum absolute atomic E-state index is 12.9. The summed E-state index contributed by atoms with van der Waals surface area (Å²) in [5.41, 5.74) is -0.591. The smallest absolute Gasteiger partial charge is 0.214 e. The lowest BCUT2D eigenvalue weighted by atomic mass is 9.57. The van der Waals surface area contributed by atoms with E-state index in [9.17, 15) is 8.42 Å². The second kappa shape index (κ2) is 7.66. The molecule has 2 aliphatic carbocycles. The molecule has 7 nitrogen and oxygen atoms in total. The zero-order valence-electron chi connectivity index (χ0n) is 18.5. The quantitative estimate of drug-likeness (QED) is 0.670. The molecule has 6 fully saturated rings. The van der Waals surface area contributed by atoms with Gasteiger partial charge in [-0.05, 0) is 56.8 Å². The summed E-state index contributed by atoms with van der Waals surface area (Å²) >= 11 is 0. The Bertz CT molecular complexity index is 755. The minimum absolute atomic E-state index is 0.153. The number of fused-ring (bicyclic) bond motifs is 2. The highest BCUT2D eigenvalue weighted by molar-refractivity contribution is 7.90. The van der Waals surface area contributed by atoms with Gasteiger partial charge in [-0.1, -0.05) is 33.1 Å². The van der Waals surface area contributed by atoms with Gasteiger partial charge in [-0.2, -0.15) is 0 Å². The van der Waals surface area contributed by atoms with Crippen LogP contribution in [0.1, 0.15) is 78.6 Å². The predicted molar refractivity (Wildman–Crippen MR) is 111 cm³/mol. The van der Waals surface area contributed by atoms with E-state index in [1.165, 1.54) is 0 Å². The molecule has 8 heteroatoms. The van der Waals surface area contributed by atoms with E-state index in [0.717, 1.165) is 57.8 Å². The molecule has 4 aliphatic heterocycles. The van der Waals surface area contributed by atoms with Crippen molar-refractivity contribution in [2.24, 2.45) is 23.7 Å². The average Bonchev–Trinajstić information content (AvgIpc) is 2.96. The van der Waals surface area contributed by atoms with Crippen LogP contribution in [0.3, 0.4) is 0 Å². The Balaban J connectivity index is 1.36. The highest BCUT2D eigenvalue weighted by Gasteiger charge is 2.69. The van der Waals surface area contributed by atoms with E-state index in [1.54, 1.807) is 0 Å². The first-order chi connectivity index (χ1) is 14.3. The van der Waals surface area contributed by atoms with Crippen LogP contribution < -0.4 is 4.72 Å². The molecule has 4 saturated heterocycles. The molecule has 0 unspecified atom stereocenters. The Morgan fingerprint density at radius 1 is 0.967 bits per heavy atom. The third kappa shape index (κ3) is 3.37. The molecule has 4 heterocycles. The van der Waals surface area contributed by atoms with Gasteiger partial charge in [-0.15, -0.1) is 0 Å². The lowest BCUT2D eigenvalue weighted by molar-refractivity contribution is -0.570. The van der Waals surface area contributed by atoms with Gasteiger partial charge < -0.3 is 9.47 Å². The molecular formula is C22H37NO6S. The molecule has 0 aromatic heterocycles. The Hall–Kier alpha value is -0.250. The van der Waals surface area contributed by atoms with Crippen molar-refractivity contribution in [3.05, 3.63) is 0 Å². The Morgan fingerprint density at radius 3 is 2.50 bits per heavy atom. The van der Waals surface area contributed by atoms with Crippen LogP contribution in [-0.4, -0.2) is 44.0 Å². The topological polar surface area (TPSA) is 83.1 Å². The summed E-state index contributed by atoms with van der Waals surface area (Å²) < 4.78 is 41.5. The second-order valence-corrected chi connectivity index (χ2v) is 12.6. The molecule has 1 N–H and O–H groups in total. The summed E-state index contributed by atoms with van der Waals surface area (Å²) in [7, 11) is -3.32. The van der Waals surface area contributed by atoms with Gasteiger partial charge in [-0.25, -0.2) is 22.9 Å². The molecule has 0 radical (unpaired) electrons. The summed E-state index contributed by atoms with van der Waals surface area (Å²) in [5, 5.41) is -0.266. The largest absolute Gasteiger partial charge is 0.344 e. The molecule has 0 aromatic rings. The van der Waals surface area contributed by atoms with Crippen LogP contribution in [0.5, 0.6) is 0 Å². The summed E-state index contributed by atoms with van der Waals surface area (Å²) in [5.74, 6) is 0.426. The highest BCUT2D eigenvalue weighted by atomic mass is 32.2. The van der Waals surface area contributed by atoms with Crippen LogP contribution in [0.4, 0.5) is 0 Å². The number of nitrogens with one attached hydrogen (secondary N) is 1. The van der Waals surface area contributed by atoms with E-state index < -0.39 is 27.7 Å². The van der Waals surface area contributed by atoms with E-state index >= 15 is 0 Å². The van der Waals surface area contributed by atoms with Crippen LogP contribution in [-0.2, 0) is 29.3 Å². The van der Waals surface area contributed by atoms with Crippen molar-refractivity contribution < 1.29 is 27.7 Å². The van der Waals surface area contributed by atoms with Gasteiger partial charge in [0.05, 0.1) is 11.4 Å². The normalized spacial score (nSPS) is 49.4. The summed E-state index contributed by atoms with van der Waals surface area (Å²) in [6, 6.07) is 0. The number of hydrogen-bond donors (Lipinski definition) is 1. The molecule has 30 heavy (non-hydrogen) atoms. The zero-order chi connectivity index (χ0) is 21.1. The van der Waals surface area contributed by atoms with Gasteiger partial charge >= 0.3 is 0 Å². The molecule has 0 amide bonds. The van der Waals surface area contributed by atoms with E-state index in [1.807, 2.05) is 6.92 Å². The predicted octanol–water partition coefficient (Wildman–Crippen LogP) is 3.49. The summed E-state index contributed by atoms with van der Waals surface area (Å²) in [6.45, 7) is 6.68. The van der Waals surface area contributed by atoms with E-state index in [4.69, 9.17) is 19.2 Å². The van der Waals surface area contributed by atoms with Crippen molar-refractivity contribution in [3.63, 3.8) is 0 Å². The second-order valence-electron chi connectivity index (χ2n) is 10.6. The van der Waals surface area contributed by atoms with Crippen LogP contribution >= 0.6 is 0 Å². The number of rotatable bonds is 4. The highest BCUT2D eigenvalue weighted by Crippen LogP contribution is 2.60. The number of hydrogen-bond acceptors (Lipinski definition) is 6. The molecule has 172 valence electrons. The van der Waals surface area contributed by atoms with Crippen molar-refractivity contribution in [2.75, 3.05) is 6.54 Å². The summed E-state index contributed by atoms with van der Waals surface area (Å²) in [4.78, 5) is 12.0. The zero-order valence-corrected chi connectivity index (χ0v) is 19.3. The van der Waals surface area contributed by atoms with Gasteiger partial charge in [0.2, 0.25) is 15.8 Å². The van der Waals surface area contributed by atoms with Gasteiger partial charge in [0.15, 0.2) is 11.9 Å². The molecule has 1 spiro atoms. The lowest BCUT2D eigenvalue weighted by Gasteiger charge is -2.60. The van der Waals surface area contributed by atoms with Crippen LogP contribution in [0, 0.1) is 23.7 Å². The molecule has 0 aromatic carbocycles. The third-order valence-corrected chi connectivity index (χ3v) is 10.7. The lowest BCUT2D eigenvalue weighted by Crippen LogP contribution is -2.71. The fourth-order valence-electron chi connectivity index (χ4n) is 6.90. The van der Waals surface area contributed by atoms with Gasteiger partial charge in [0, 0.05) is 18.9 Å². The maximum Gasteiger partial charge on any atom is 0.214 e. The average molecular weight is 444 g/mol. The van der Waals surface area contributed by atoms with Crippen molar-refractivity contribution >= 4 is 10.0 Å². The SMILES string of the molecule is C[C@H]1[C@@H](CNS(=O)(=O)C2CCCCC2)O[C@@H]2O[C@@]3(C)CC[C@H]4[C@H](C)CC[C@@H]1[C@@]24OO3. The van der Waals surface area contributed by atoms with Crippen LogP contribution in [0.25, 0.3) is 0 Å². The first-order valence-electron chi connectivity index (χ1n) is 11.9. The maximum atomic E-state index is 12.9. The van der Waals surface area contributed by atoms with Gasteiger partial charge in [-0.3, -0.25) is 0 Å². The fraction of sp³-hybridized carbons (Fsp3) is 1.00. The van der Waals surface area contributed by atoms with E-state index in [2.05, 4.69) is 18.6 Å². The van der Waals surface area contributed by atoms with Crippen LogP contribution in [0.15, 0.2) is 0 Å². The van der Waals surface area contributed by atoms with E-state index in [0.29, 0.717) is 18.4 Å². The van der Waals surface area contributed by atoms with Crippen molar-refractivity contribution in [1.29, 1.82) is 0 Å². The van der Waals surface area contributed by atoms with Crippen LogP contribution in [0.2, 0.25) is 0 Å².